The Hall–Kier alpha value is -1.27. The van der Waals surface area contributed by atoms with Crippen LogP contribution in [0.1, 0.15) is 26.7 Å². The molecule has 0 heterocycles. The molecule has 0 unspecified atom stereocenters. The summed E-state index contributed by atoms with van der Waals surface area (Å²) >= 11 is 0. The van der Waals surface area contributed by atoms with Crippen LogP contribution < -0.4 is 0 Å². The number of carbonyl (C=O) groups is 1. The molecule has 0 saturated heterocycles. The van der Waals surface area contributed by atoms with Crippen molar-refractivity contribution in [1.29, 1.82) is 0 Å². The molecule has 0 radical (unpaired) electrons. The lowest BCUT2D eigenvalue weighted by Crippen LogP contribution is -2.06. The fraction of sp³-hybridized carbons (Fsp3) is 0.545. The average molecular weight is 196 g/mol. The van der Waals surface area contributed by atoms with Gasteiger partial charge in [0.2, 0.25) is 0 Å². The number of ether oxygens (including phenoxy) is 1. The van der Waals surface area contributed by atoms with Gasteiger partial charge in [0.25, 0.3) is 0 Å². The Balaban J connectivity index is 4.49. The van der Waals surface area contributed by atoms with E-state index in [0.717, 1.165) is 0 Å². The second kappa shape index (κ2) is 7.16. The summed E-state index contributed by atoms with van der Waals surface area (Å²) in [6.07, 6.45) is 1.90. The molecular formula is C11H16O3. The molecule has 0 aliphatic heterocycles. The zero-order chi connectivity index (χ0) is 11.0. The molecule has 0 aromatic carbocycles. The van der Waals surface area contributed by atoms with Crippen molar-refractivity contribution in [1.82, 2.24) is 0 Å². The van der Waals surface area contributed by atoms with E-state index in [0.29, 0.717) is 18.4 Å². The van der Waals surface area contributed by atoms with Crippen molar-refractivity contribution in [3.63, 3.8) is 0 Å². The predicted molar refractivity (Wildman–Crippen MR) is 54.5 cm³/mol. The van der Waals surface area contributed by atoms with Gasteiger partial charge in [-0.15, -0.1) is 5.92 Å². The maximum Gasteiger partial charge on any atom is 0.331 e. The van der Waals surface area contributed by atoms with Gasteiger partial charge in [-0.1, -0.05) is 12.8 Å². The number of carbonyl (C=O) groups excluding carboxylic acids is 1. The second-order valence-corrected chi connectivity index (χ2v) is 2.83. The molecule has 0 amide bonds. The van der Waals surface area contributed by atoms with Crippen LogP contribution in [0.25, 0.3) is 0 Å². The van der Waals surface area contributed by atoms with E-state index in [4.69, 9.17) is 0 Å². The van der Waals surface area contributed by atoms with Crippen LogP contribution in [0, 0.1) is 11.8 Å². The van der Waals surface area contributed by atoms with E-state index in [9.17, 15) is 9.90 Å². The standard InChI is InChI=1S/C11H16O3/c1-4-6-9(7-10(12)5-2)8-11(13)14-3/h8,10,12H,5,7H2,1-3H3/b9-8-/t10-/m1/s1. The summed E-state index contributed by atoms with van der Waals surface area (Å²) in [6.45, 7) is 3.56. The lowest BCUT2D eigenvalue weighted by Gasteiger charge is -2.06. The molecule has 3 heteroatoms. The monoisotopic (exact) mass is 196 g/mol. The highest BCUT2D eigenvalue weighted by Gasteiger charge is 2.05. The summed E-state index contributed by atoms with van der Waals surface area (Å²) in [7, 11) is 1.31. The maximum absolute atomic E-state index is 10.9. The first kappa shape index (κ1) is 12.7. The van der Waals surface area contributed by atoms with Gasteiger partial charge in [0.1, 0.15) is 0 Å². The average Bonchev–Trinajstić information content (AvgIpc) is 2.17. The van der Waals surface area contributed by atoms with Crippen molar-refractivity contribution in [2.45, 2.75) is 32.8 Å². The Morgan fingerprint density at radius 3 is 2.71 bits per heavy atom. The summed E-state index contributed by atoms with van der Waals surface area (Å²) in [4.78, 5) is 10.9. The van der Waals surface area contributed by atoms with Crippen LogP contribution in [-0.2, 0) is 9.53 Å². The lowest BCUT2D eigenvalue weighted by molar-refractivity contribution is -0.134. The lowest BCUT2D eigenvalue weighted by atomic mass is 10.1. The van der Waals surface area contributed by atoms with E-state index in [1.807, 2.05) is 6.92 Å². The molecule has 0 spiro atoms. The topological polar surface area (TPSA) is 46.5 Å². The third-order valence-corrected chi connectivity index (χ3v) is 1.71. The van der Waals surface area contributed by atoms with Crippen molar-refractivity contribution < 1.29 is 14.6 Å². The number of hydrogen-bond donors (Lipinski definition) is 1. The fourth-order valence-electron chi connectivity index (χ4n) is 0.906. The Morgan fingerprint density at radius 1 is 1.64 bits per heavy atom. The van der Waals surface area contributed by atoms with E-state index in [-0.39, 0.29) is 0 Å². The van der Waals surface area contributed by atoms with Crippen LogP contribution in [0.2, 0.25) is 0 Å². The minimum atomic E-state index is -0.452. The molecule has 78 valence electrons. The molecule has 3 nitrogen and oxygen atoms in total. The van der Waals surface area contributed by atoms with Gasteiger partial charge in [0, 0.05) is 18.1 Å². The molecule has 0 aliphatic rings. The van der Waals surface area contributed by atoms with Gasteiger partial charge in [0.05, 0.1) is 13.2 Å². The number of esters is 1. The van der Waals surface area contributed by atoms with E-state index in [2.05, 4.69) is 16.6 Å². The first-order valence-corrected chi connectivity index (χ1v) is 4.53. The Labute approximate surface area is 84.8 Å². The minimum Gasteiger partial charge on any atom is -0.466 e. The zero-order valence-electron chi connectivity index (χ0n) is 8.83. The van der Waals surface area contributed by atoms with E-state index in [1.165, 1.54) is 13.2 Å². The van der Waals surface area contributed by atoms with Crippen molar-refractivity contribution in [3.05, 3.63) is 11.6 Å². The smallest absolute Gasteiger partial charge is 0.331 e. The molecule has 0 aromatic rings. The molecule has 1 N–H and O–H groups in total. The minimum absolute atomic E-state index is 0.395. The summed E-state index contributed by atoms with van der Waals surface area (Å²) in [6, 6.07) is 0. The molecule has 0 bridgehead atoms. The highest BCUT2D eigenvalue weighted by Crippen LogP contribution is 2.07. The Morgan fingerprint density at radius 2 is 2.29 bits per heavy atom. The van der Waals surface area contributed by atoms with Crippen molar-refractivity contribution in [3.8, 4) is 11.8 Å². The van der Waals surface area contributed by atoms with E-state index < -0.39 is 12.1 Å². The SMILES string of the molecule is CC#C/C(=C/C(=O)OC)C[C@H](O)CC. The van der Waals surface area contributed by atoms with Gasteiger partial charge in [-0.2, -0.15) is 0 Å². The van der Waals surface area contributed by atoms with Crippen LogP contribution in [0.3, 0.4) is 0 Å². The van der Waals surface area contributed by atoms with Crippen molar-refractivity contribution >= 4 is 5.97 Å². The second-order valence-electron chi connectivity index (χ2n) is 2.83. The molecule has 1 atom stereocenters. The Bertz CT molecular complexity index is 268. The number of hydrogen-bond acceptors (Lipinski definition) is 3. The molecule has 0 fully saturated rings. The number of methoxy groups -OCH3 is 1. The number of rotatable bonds is 4. The van der Waals surface area contributed by atoms with Crippen LogP contribution in [-0.4, -0.2) is 24.3 Å². The third-order valence-electron chi connectivity index (χ3n) is 1.71. The largest absolute Gasteiger partial charge is 0.466 e. The fourth-order valence-corrected chi connectivity index (χ4v) is 0.906. The van der Waals surface area contributed by atoms with Gasteiger partial charge < -0.3 is 9.84 Å². The van der Waals surface area contributed by atoms with Crippen LogP contribution >= 0.6 is 0 Å². The Kier molecular flexibility index (Phi) is 6.51. The molecule has 0 rings (SSSR count). The maximum atomic E-state index is 10.9. The molecule has 0 saturated carbocycles. The van der Waals surface area contributed by atoms with Crippen molar-refractivity contribution in [2.75, 3.05) is 7.11 Å². The quantitative estimate of drug-likeness (QED) is 0.418. The molecule has 14 heavy (non-hydrogen) atoms. The highest BCUT2D eigenvalue weighted by atomic mass is 16.5. The first-order valence-electron chi connectivity index (χ1n) is 4.53. The number of aliphatic hydroxyl groups is 1. The summed E-state index contributed by atoms with van der Waals surface area (Å²) in [5.41, 5.74) is 0.605. The molecular weight excluding hydrogens is 180 g/mol. The van der Waals surface area contributed by atoms with Gasteiger partial charge in [-0.25, -0.2) is 4.79 Å². The van der Waals surface area contributed by atoms with Gasteiger partial charge >= 0.3 is 5.97 Å². The summed E-state index contributed by atoms with van der Waals surface area (Å²) < 4.78 is 4.48. The molecule has 0 aliphatic carbocycles. The highest BCUT2D eigenvalue weighted by molar-refractivity contribution is 5.83. The van der Waals surface area contributed by atoms with E-state index >= 15 is 0 Å². The zero-order valence-corrected chi connectivity index (χ0v) is 8.83. The van der Waals surface area contributed by atoms with Crippen LogP contribution in [0.5, 0.6) is 0 Å². The normalized spacial score (nSPS) is 12.7. The van der Waals surface area contributed by atoms with E-state index in [1.54, 1.807) is 6.92 Å². The predicted octanol–water partition coefficient (Wildman–Crippen LogP) is 1.27. The summed E-state index contributed by atoms with van der Waals surface area (Å²) in [5, 5.41) is 9.38. The van der Waals surface area contributed by atoms with Crippen molar-refractivity contribution in [2.24, 2.45) is 0 Å². The number of aliphatic hydroxyl groups excluding tert-OH is 1. The van der Waals surface area contributed by atoms with Crippen LogP contribution in [0.4, 0.5) is 0 Å². The molecule has 0 aromatic heterocycles. The van der Waals surface area contributed by atoms with Gasteiger partial charge in [-0.3, -0.25) is 0 Å². The first-order chi connectivity index (χ1) is 6.63. The summed E-state index contributed by atoms with van der Waals surface area (Å²) in [5.74, 6) is 5.01. The third kappa shape index (κ3) is 5.39. The van der Waals surface area contributed by atoms with Crippen LogP contribution in [0.15, 0.2) is 11.6 Å². The van der Waals surface area contributed by atoms with Gasteiger partial charge in [-0.05, 0) is 13.3 Å². The van der Waals surface area contributed by atoms with Gasteiger partial charge in [0.15, 0.2) is 0 Å².